The Balaban J connectivity index is 2.15. The zero-order chi connectivity index (χ0) is 18.4. The molecule has 0 aliphatic rings. The van der Waals surface area contributed by atoms with Gasteiger partial charge in [-0.15, -0.1) is 5.10 Å². The molecule has 1 atom stereocenters. The van der Waals surface area contributed by atoms with Crippen molar-refractivity contribution in [3.05, 3.63) is 36.2 Å². The number of hydrogen-bond acceptors (Lipinski definition) is 5. The lowest BCUT2D eigenvalue weighted by Gasteiger charge is -2.09. The molecule has 1 aromatic heterocycles. The van der Waals surface area contributed by atoms with Crippen LogP contribution in [-0.2, 0) is 4.79 Å². The third-order valence-electron chi connectivity index (χ3n) is 3.36. The Morgan fingerprint density at radius 1 is 1.20 bits per heavy atom. The van der Waals surface area contributed by atoms with Crippen molar-refractivity contribution in [2.45, 2.75) is 44.0 Å². The zero-order valence-electron chi connectivity index (χ0n) is 14.8. The van der Waals surface area contributed by atoms with Gasteiger partial charge >= 0.3 is 6.03 Å². The molecule has 2 N–H and O–H groups in total. The Morgan fingerprint density at radius 2 is 1.88 bits per heavy atom. The molecule has 0 fully saturated rings. The SMILES string of the molecule is CCNC(=O)NC(=O)C(C)Sc1nc(C(C)C)n(-c2ccccc2)n1. The Bertz CT molecular complexity index is 730. The van der Waals surface area contributed by atoms with Crippen LogP contribution >= 0.6 is 11.8 Å². The van der Waals surface area contributed by atoms with Gasteiger partial charge in [0, 0.05) is 12.5 Å². The molecule has 0 bridgehead atoms. The van der Waals surface area contributed by atoms with Gasteiger partial charge in [-0.25, -0.2) is 14.5 Å². The number of nitrogens with zero attached hydrogens (tertiary/aromatic N) is 3. The summed E-state index contributed by atoms with van der Waals surface area (Å²) in [6.07, 6.45) is 0. The number of carbonyl (C=O) groups excluding carboxylic acids is 2. The van der Waals surface area contributed by atoms with Gasteiger partial charge in [0.05, 0.1) is 10.9 Å². The molecule has 0 spiro atoms. The van der Waals surface area contributed by atoms with E-state index in [9.17, 15) is 9.59 Å². The fraction of sp³-hybridized carbons (Fsp3) is 0.412. The smallest absolute Gasteiger partial charge is 0.321 e. The topological polar surface area (TPSA) is 88.9 Å². The number of amides is 3. The van der Waals surface area contributed by atoms with Gasteiger partial charge in [-0.1, -0.05) is 43.8 Å². The molecule has 8 heteroatoms. The molecule has 0 aliphatic carbocycles. The predicted octanol–water partition coefficient (Wildman–Crippen LogP) is 2.72. The number of aromatic nitrogens is 3. The highest BCUT2D eigenvalue weighted by Crippen LogP contribution is 2.24. The fourth-order valence-electron chi connectivity index (χ4n) is 2.12. The average Bonchev–Trinajstić information content (AvgIpc) is 3.00. The Kier molecular flexibility index (Phi) is 6.58. The largest absolute Gasteiger partial charge is 0.338 e. The molecule has 25 heavy (non-hydrogen) atoms. The summed E-state index contributed by atoms with van der Waals surface area (Å²) < 4.78 is 1.79. The molecule has 1 heterocycles. The first-order valence-corrected chi connectivity index (χ1v) is 9.08. The highest BCUT2D eigenvalue weighted by molar-refractivity contribution is 8.00. The minimum absolute atomic E-state index is 0.182. The first-order valence-electron chi connectivity index (χ1n) is 8.20. The van der Waals surface area contributed by atoms with E-state index in [-0.39, 0.29) is 11.8 Å². The van der Waals surface area contributed by atoms with Crippen LogP contribution in [0.3, 0.4) is 0 Å². The van der Waals surface area contributed by atoms with Crippen LogP contribution in [0.2, 0.25) is 0 Å². The van der Waals surface area contributed by atoms with E-state index in [0.717, 1.165) is 11.5 Å². The van der Waals surface area contributed by atoms with E-state index in [0.29, 0.717) is 11.7 Å². The van der Waals surface area contributed by atoms with Crippen molar-refractivity contribution >= 4 is 23.7 Å². The molecule has 0 aliphatic heterocycles. The molecule has 134 valence electrons. The molecule has 0 radical (unpaired) electrons. The van der Waals surface area contributed by atoms with Gasteiger partial charge in [-0.3, -0.25) is 10.1 Å². The maximum Gasteiger partial charge on any atom is 0.321 e. The Hall–Kier alpha value is -2.35. The number of imide groups is 1. The fourth-order valence-corrected chi connectivity index (χ4v) is 2.87. The van der Waals surface area contributed by atoms with E-state index >= 15 is 0 Å². The van der Waals surface area contributed by atoms with Crippen molar-refractivity contribution in [3.8, 4) is 5.69 Å². The number of rotatable bonds is 6. The van der Waals surface area contributed by atoms with Crippen molar-refractivity contribution in [2.75, 3.05) is 6.54 Å². The number of urea groups is 1. The molecular weight excluding hydrogens is 338 g/mol. The van der Waals surface area contributed by atoms with E-state index in [4.69, 9.17) is 0 Å². The lowest BCUT2D eigenvalue weighted by molar-refractivity contribution is -0.119. The second kappa shape index (κ2) is 8.66. The molecule has 2 aromatic rings. The Morgan fingerprint density at radius 3 is 2.48 bits per heavy atom. The Labute approximate surface area is 151 Å². The maximum atomic E-state index is 12.1. The van der Waals surface area contributed by atoms with Crippen LogP contribution in [0.15, 0.2) is 35.5 Å². The van der Waals surface area contributed by atoms with Crippen molar-refractivity contribution in [2.24, 2.45) is 0 Å². The number of hydrogen-bond donors (Lipinski definition) is 2. The molecular formula is C17H23N5O2S. The third kappa shape index (κ3) is 5.06. The zero-order valence-corrected chi connectivity index (χ0v) is 15.6. The highest BCUT2D eigenvalue weighted by Gasteiger charge is 2.21. The van der Waals surface area contributed by atoms with Crippen molar-refractivity contribution in [3.63, 3.8) is 0 Å². The summed E-state index contributed by atoms with van der Waals surface area (Å²) in [7, 11) is 0. The summed E-state index contributed by atoms with van der Waals surface area (Å²) in [6, 6.07) is 9.25. The molecule has 3 amide bonds. The van der Waals surface area contributed by atoms with Crippen molar-refractivity contribution in [1.82, 2.24) is 25.4 Å². The van der Waals surface area contributed by atoms with Gasteiger partial charge in [-0.05, 0) is 26.0 Å². The number of nitrogens with one attached hydrogen (secondary N) is 2. The van der Waals surface area contributed by atoms with Gasteiger partial charge in [-0.2, -0.15) is 0 Å². The molecule has 1 unspecified atom stereocenters. The molecule has 2 rings (SSSR count). The van der Waals surface area contributed by atoms with Crippen molar-refractivity contribution < 1.29 is 9.59 Å². The van der Waals surface area contributed by atoms with Crippen LogP contribution in [0.4, 0.5) is 4.79 Å². The third-order valence-corrected chi connectivity index (χ3v) is 4.31. The van der Waals surface area contributed by atoms with Crippen molar-refractivity contribution in [1.29, 1.82) is 0 Å². The molecule has 1 aromatic carbocycles. The van der Waals surface area contributed by atoms with Crippen LogP contribution in [0, 0.1) is 0 Å². The van der Waals surface area contributed by atoms with Gasteiger partial charge < -0.3 is 5.32 Å². The predicted molar refractivity (Wildman–Crippen MR) is 98.0 cm³/mol. The minimum Gasteiger partial charge on any atom is -0.338 e. The van der Waals surface area contributed by atoms with Crippen LogP contribution in [0.1, 0.15) is 39.4 Å². The quantitative estimate of drug-likeness (QED) is 0.772. The number of para-hydroxylation sites is 1. The summed E-state index contributed by atoms with van der Waals surface area (Å²) in [6.45, 7) is 8.06. The summed E-state index contributed by atoms with van der Waals surface area (Å²) in [5.74, 6) is 0.629. The molecule has 7 nitrogen and oxygen atoms in total. The summed E-state index contributed by atoms with van der Waals surface area (Å²) in [4.78, 5) is 28.1. The van der Waals surface area contributed by atoms with E-state index in [1.807, 2.05) is 44.2 Å². The second-order valence-corrected chi connectivity index (χ2v) is 7.07. The summed E-state index contributed by atoms with van der Waals surface area (Å²) in [5, 5.41) is 9.38. The number of thioether (sulfide) groups is 1. The summed E-state index contributed by atoms with van der Waals surface area (Å²) >= 11 is 1.22. The van der Waals surface area contributed by atoms with Crippen LogP contribution < -0.4 is 10.6 Å². The van der Waals surface area contributed by atoms with Gasteiger partial charge in [0.15, 0.2) is 0 Å². The van der Waals surface area contributed by atoms with Gasteiger partial charge in [0.2, 0.25) is 11.1 Å². The maximum absolute atomic E-state index is 12.1. The van der Waals surface area contributed by atoms with Gasteiger partial charge in [0.1, 0.15) is 5.82 Å². The highest BCUT2D eigenvalue weighted by atomic mass is 32.2. The lowest BCUT2D eigenvalue weighted by atomic mass is 10.2. The first-order chi connectivity index (χ1) is 11.9. The standard InChI is InChI=1S/C17H23N5O2S/c1-5-18-16(24)20-15(23)12(4)25-17-19-14(11(2)3)22(21-17)13-9-7-6-8-10-13/h6-12H,5H2,1-4H3,(H2,18,20,23,24). The molecule has 0 saturated heterocycles. The minimum atomic E-state index is -0.495. The van der Waals surface area contributed by atoms with Crippen LogP contribution in [0.5, 0.6) is 0 Å². The molecule has 0 saturated carbocycles. The summed E-state index contributed by atoms with van der Waals surface area (Å²) in [5.41, 5.74) is 0.921. The van der Waals surface area contributed by atoms with E-state index in [2.05, 4.69) is 20.7 Å². The van der Waals surface area contributed by atoms with Gasteiger partial charge in [0.25, 0.3) is 0 Å². The normalized spacial score (nSPS) is 12.0. The van der Waals surface area contributed by atoms with E-state index in [1.54, 1.807) is 18.5 Å². The van der Waals surface area contributed by atoms with E-state index < -0.39 is 11.3 Å². The van der Waals surface area contributed by atoms with Crippen LogP contribution in [-0.4, -0.2) is 38.5 Å². The van der Waals surface area contributed by atoms with E-state index in [1.165, 1.54) is 11.8 Å². The van der Waals surface area contributed by atoms with Crippen LogP contribution in [0.25, 0.3) is 5.69 Å². The number of carbonyl (C=O) groups is 2. The lowest BCUT2D eigenvalue weighted by Crippen LogP contribution is -2.42. The monoisotopic (exact) mass is 361 g/mol. The average molecular weight is 361 g/mol. The second-order valence-electron chi connectivity index (χ2n) is 5.76. The first kappa shape index (κ1) is 19.0. The number of benzene rings is 1.